The number of thiophene rings is 1. The van der Waals surface area contributed by atoms with Crippen LogP contribution in [0.2, 0.25) is 0 Å². The molecule has 2 aromatic rings. The van der Waals surface area contributed by atoms with E-state index < -0.39 is 0 Å². The monoisotopic (exact) mass is 249 g/mol. The number of aromatic nitrogens is 2. The number of nitrogens with zero attached hydrogens (tertiary/aromatic N) is 2. The third kappa shape index (κ3) is 2.96. The molecule has 3 nitrogen and oxygen atoms in total. The van der Waals surface area contributed by atoms with Crippen molar-refractivity contribution in [3.8, 4) is 0 Å². The summed E-state index contributed by atoms with van der Waals surface area (Å²) in [5.74, 6) is 0. The molecule has 2 rings (SSSR count). The molecule has 0 aliphatic rings. The lowest BCUT2D eigenvalue weighted by molar-refractivity contribution is 0.549. The zero-order valence-electron chi connectivity index (χ0n) is 10.6. The van der Waals surface area contributed by atoms with Gasteiger partial charge in [-0.1, -0.05) is 6.92 Å². The topological polar surface area (TPSA) is 29.9 Å². The first-order valence-electron chi connectivity index (χ1n) is 5.94. The number of rotatable bonds is 5. The minimum atomic E-state index is 0.399. The van der Waals surface area contributed by atoms with Crippen LogP contribution in [-0.2, 0) is 13.5 Å². The molecule has 0 aliphatic carbocycles. The Morgan fingerprint density at radius 2 is 2.29 bits per heavy atom. The number of nitrogens with one attached hydrogen (secondary N) is 1. The fraction of sp³-hybridized carbons (Fsp3) is 0.462. The summed E-state index contributed by atoms with van der Waals surface area (Å²) in [6, 6.07) is 0.399. The Balaban J connectivity index is 2.15. The lowest BCUT2D eigenvalue weighted by Crippen LogP contribution is -2.23. The normalized spacial score (nSPS) is 12.9. The van der Waals surface area contributed by atoms with Crippen molar-refractivity contribution in [1.29, 1.82) is 0 Å². The predicted molar refractivity (Wildman–Crippen MR) is 72.4 cm³/mol. The summed E-state index contributed by atoms with van der Waals surface area (Å²) in [5, 5.41) is 12.2. The van der Waals surface area contributed by atoms with Gasteiger partial charge in [-0.2, -0.15) is 16.4 Å². The molecular formula is C13H19N3S. The van der Waals surface area contributed by atoms with Crippen LogP contribution >= 0.6 is 11.3 Å². The van der Waals surface area contributed by atoms with E-state index in [1.807, 2.05) is 17.9 Å². The zero-order valence-corrected chi connectivity index (χ0v) is 11.4. The van der Waals surface area contributed by atoms with Crippen molar-refractivity contribution in [2.24, 2.45) is 7.05 Å². The Morgan fingerprint density at radius 3 is 2.82 bits per heavy atom. The van der Waals surface area contributed by atoms with Gasteiger partial charge in [-0.15, -0.1) is 0 Å². The molecule has 0 amide bonds. The first-order valence-corrected chi connectivity index (χ1v) is 6.88. The fourth-order valence-electron chi connectivity index (χ4n) is 2.08. The van der Waals surface area contributed by atoms with E-state index in [9.17, 15) is 0 Å². The highest BCUT2D eigenvalue weighted by molar-refractivity contribution is 7.08. The summed E-state index contributed by atoms with van der Waals surface area (Å²) in [5.41, 5.74) is 4.08. The molecule has 0 fully saturated rings. The van der Waals surface area contributed by atoms with Gasteiger partial charge in [0.1, 0.15) is 0 Å². The number of hydrogen-bond donors (Lipinski definition) is 1. The van der Waals surface area contributed by atoms with Gasteiger partial charge in [0.15, 0.2) is 0 Å². The van der Waals surface area contributed by atoms with Crippen molar-refractivity contribution >= 4 is 11.3 Å². The van der Waals surface area contributed by atoms with Crippen molar-refractivity contribution in [3.63, 3.8) is 0 Å². The molecule has 92 valence electrons. The molecule has 0 saturated carbocycles. The maximum Gasteiger partial charge on any atom is 0.0522 e. The Bertz CT molecular complexity index is 472. The summed E-state index contributed by atoms with van der Waals surface area (Å²) in [4.78, 5) is 0. The first kappa shape index (κ1) is 12.3. The quantitative estimate of drug-likeness (QED) is 0.883. The van der Waals surface area contributed by atoms with Gasteiger partial charge < -0.3 is 5.32 Å². The Hall–Kier alpha value is -1.13. The van der Waals surface area contributed by atoms with E-state index in [2.05, 4.69) is 41.2 Å². The molecule has 0 spiro atoms. The van der Waals surface area contributed by atoms with Crippen LogP contribution in [0.4, 0.5) is 0 Å². The molecule has 0 saturated heterocycles. The van der Waals surface area contributed by atoms with Gasteiger partial charge >= 0.3 is 0 Å². The highest BCUT2D eigenvalue weighted by Crippen LogP contribution is 2.24. The lowest BCUT2D eigenvalue weighted by Gasteiger charge is -2.17. The average Bonchev–Trinajstić information content (AvgIpc) is 2.87. The molecule has 1 N–H and O–H groups in total. The van der Waals surface area contributed by atoms with Crippen LogP contribution in [0.3, 0.4) is 0 Å². The van der Waals surface area contributed by atoms with Crippen LogP contribution in [0.25, 0.3) is 0 Å². The molecular weight excluding hydrogens is 230 g/mol. The second-order valence-corrected chi connectivity index (χ2v) is 5.09. The van der Waals surface area contributed by atoms with E-state index >= 15 is 0 Å². The van der Waals surface area contributed by atoms with Crippen molar-refractivity contribution < 1.29 is 0 Å². The lowest BCUT2D eigenvalue weighted by atomic mass is 10.0. The second kappa shape index (κ2) is 5.47. The van der Waals surface area contributed by atoms with Gasteiger partial charge in [0.05, 0.1) is 6.20 Å². The Labute approximate surface area is 106 Å². The fourth-order valence-corrected chi connectivity index (χ4v) is 2.98. The molecule has 2 aromatic heterocycles. The van der Waals surface area contributed by atoms with E-state index in [-0.39, 0.29) is 0 Å². The Kier molecular flexibility index (Phi) is 3.97. The van der Waals surface area contributed by atoms with Crippen LogP contribution < -0.4 is 5.32 Å². The van der Waals surface area contributed by atoms with E-state index in [4.69, 9.17) is 0 Å². The third-order valence-corrected chi connectivity index (χ3v) is 3.80. The number of hydrogen-bond acceptors (Lipinski definition) is 3. The van der Waals surface area contributed by atoms with Crippen LogP contribution in [0.15, 0.2) is 23.2 Å². The average molecular weight is 249 g/mol. The van der Waals surface area contributed by atoms with Gasteiger partial charge in [0, 0.05) is 19.3 Å². The molecule has 0 aliphatic heterocycles. The van der Waals surface area contributed by atoms with Crippen LogP contribution in [-0.4, -0.2) is 16.3 Å². The van der Waals surface area contributed by atoms with Gasteiger partial charge in [0.2, 0.25) is 0 Å². The maximum absolute atomic E-state index is 4.23. The number of aryl methyl sites for hydroxylation is 2. The summed E-state index contributed by atoms with van der Waals surface area (Å²) >= 11 is 1.78. The first-order chi connectivity index (χ1) is 8.20. The van der Waals surface area contributed by atoms with E-state index in [1.165, 1.54) is 16.7 Å². The summed E-state index contributed by atoms with van der Waals surface area (Å²) in [6.45, 7) is 5.32. The van der Waals surface area contributed by atoms with Crippen LogP contribution in [0.5, 0.6) is 0 Å². The molecule has 0 bridgehead atoms. The smallest absolute Gasteiger partial charge is 0.0522 e. The standard InChI is InChI=1S/C13H19N3S/c1-4-14-13(12-9-17-8-10(12)2)5-11-6-15-16(3)7-11/h6-9,13-14H,4-5H2,1-3H3. The summed E-state index contributed by atoms with van der Waals surface area (Å²) in [6.07, 6.45) is 5.04. The summed E-state index contributed by atoms with van der Waals surface area (Å²) in [7, 11) is 1.96. The van der Waals surface area contributed by atoms with Crippen LogP contribution in [0, 0.1) is 6.92 Å². The second-order valence-electron chi connectivity index (χ2n) is 4.35. The van der Waals surface area contributed by atoms with E-state index in [0.717, 1.165) is 13.0 Å². The Morgan fingerprint density at radius 1 is 1.47 bits per heavy atom. The van der Waals surface area contributed by atoms with Gasteiger partial charge in [-0.3, -0.25) is 4.68 Å². The summed E-state index contributed by atoms with van der Waals surface area (Å²) < 4.78 is 1.86. The molecule has 0 radical (unpaired) electrons. The maximum atomic E-state index is 4.23. The molecule has 1 atom stereocenters. The van der Waals surface area contributed by atoms with Crippen LogP contribution in [0.1, 0.15) is 29.7 Å². The zero-order chi connectivity index (χ0) is 12.3. The molecule has 2 heterocycles. The minimum absolute atomic E-state index is 0.399. The minimum Gasteiger partial charge on any atom is -0.310 e. The molecule has 0 aromatic carbocycles. The predicted octanol–water partition coefficient (Wildman–Crippen LogP) is 2.68. The SMILES string of the molecule is CCNC(Cc1cnn(C)c1)c1cscc1C. The van der Waals surface area contributed by atoms with Gasteiger partial charge in [-0.05, 0) is 47.3 Å². The largest absolute Gasteiger partial charge is 0.310 e. The third-order valence-electron chi connectivity index (χ3n) is 2.92. The van der Waals surface area contributed by atoms with Gasteiger partial charge in [0.25, 0.3) is 0 Å². The molecule has 1 unspecified atom stereocenters. The van der Waals surface area contributed by atoms with Crippen molar-refractivity contribution in [2.75, 3.05) is 6.54 Å². The highest BCUT2D eigenvalue weighted by atomic mass is 32.1. The highest BCUT2D eigenvalue weighted by Gasteiger charge is 2.14. The molecule has 17 heavy (non-hydrogen) atoms. The van der Waals surface area contributed by atoms with Gasteiger partial charge in [-0.25, -0.2) is 0 Å². The van der Waals surface area contributed by atoms with Crippen molar-refractivity contribution in [1.82, 2.24) is 15.1 Å². The number of likely N-dealkylation sites (N-methyl/N-ethyl adjacent to an activating group) is 1. The van der Waals surface area contributed by atoms with Crippen molar-refractivity contribution in [2.45, 2.75) is 26.3 Å². The van der Waals surface area contributed by atoms with Crippen molar-refractivity contribution in [3.05, 3.63) is 39.8 Å². The molecule has 4 heteroatoms. The van der Waals surface area contributed by atoms with E-state index in [0.29, 0.717) is 6.04 Å². The van der Waals surface area contributed by atoms with E-state index in [1.54, 1.807) is 11.3 Å².